The number of alkyl halides is 5. The molecule has 0 fully saturated rings. The number of halogens is 5. The van der Waals surface area contributed by atoms with E-state index in [2.05, 4.69) is 14.9 Å². The first-order valence-electron chi connectivity index (χ1n) is 6.45. The Balaban J connectivity index is 1.97. The molecule has 1 aromatic carbocycles. The molecule has 2 aromatic heterocycles. The average Bonchev–Trinajstić information content (AvgIpc) is 2.89. The molecule has 0 saturated carbocycles. The van der Waals surface area contributed by atoms with Gasteiger partial charge < -0.3 is 9.84 Å². The molecule has 0 unspecified atom stereocenters. The monoisotopic (exact) mass is 345 g/mol. The lowest BCUT2D eigenvalue weighted by atomic mass is 10.1. The number of benzene rings is 1. The highest BCUT2D eigenvalue weighted by molar-refractivity contribution is 5.65. The van der Waals surface area contributed by atoms with Crippen molar-refractivity contribution in [3.05, 3.63) is 48.4 Å². The van der Waals surface area contributed by atoms with E-state index in [9.17, 15) is 22.0 Å². The second-order valence-electron chi connectivity index (χ2n) is 4.78. The second-order valence-corrected chi connectivity index (χ2v) is 4.78. The minimum Gasteiger partial charge on any atom is -0.406 e. The van der Waals surface area contributed by atoms with Gasteiger partial charge in [-0.3, -0.25) is 4.40 Å². The molecule has 0 saturated heterocycles. The van der Waals surface area contributed by atoms with Crippen molar-refractivity contribution in [3.63, 3.8) is 0 Å². The van der Waals surface area contributed by atoms with Gasteiger partial charge in [0.1, 0.15) is 5.75 Å². The van der Waals surface area contributed by atoms with Gasteiger partial charge in [-0.25, -0.2) is 0 Å². The number of hydrogen-bond donors (Lipinski definition) is 1. The maximum atomic E-state index is 13.1. The van der Waals surface area contributed by atoms with Crippen molar-refractivity contribution in [1.82, 2.24) is 14.6 Å². The van der Waals surface area contributed by atoms with E-state index in [0.717, 1.165) is 16.5 Å². The number of fused-ring (bicyclic) bond motifs is 1. The van der Waals surface area contributed by atoms with Gasteiger partial charge in [0.2, 0.25) is 5.82 Å². The number of aromatic nitrogens is 3. The van der Waals surface area contributed by atoms with Gasteiger partial charge >= 0.3 is 12.5 Å². The zero-order valence-electron chi connectivity index (χ0n) is 11.6. The van der Waals surface area contributed by atoms with Crippen LogP contribution in [0, 0.1) is 0 Å². The Morgan fingerprint density at radius 2 is 1.50 bits per heavy atom. The molecule has 0 aliphatic rings. The second kappa shape index (κ2) is 5.41. The van der Waals surface area contributed by atoms with Crippen LogP contribution in [0.15, 0.2) is 42.6 Å². The Morgan fingerprint density at radius 3 is 2.08 bits per heavy atom. The highest BCUT2D eigenvalue weighted by Crippen LogP contribution is 2.28. The van der Waals surface area contributed by atoms with E-state index in [-0.39, 0.29) is 5.65 Å². The van der Waals surface area contributed by atoms with Gasteiger partial charge in [0, 0.05) is 6.20 Å². The molecule has 0 atom stereocenters. The average molecular weight is 345 g/mol. The maximum Gasteiger partial charge on any atom is 0.573 e. The van der Waals surface area contributed by atoms with Gasteiger partial charge in [-0.1, -0.05) is 12.1 Å². The predicted molar refractivity (Wildman–Crippen MR) is 71.2 cm³/mol. The number of nitrogens with zero attached hydrogens (tertiary/aromatic N) is 3. The topological polar surface area (TPSA) is 59.7 Å². The highest BCUT2D eigenvalue weighted by atomic mass is 19.4. The van der Waals surface area contributed by atoms with Gasteiger partial charge in [-0.15, -0.1) is 23.4 Å². The molecule has 24 heavy (non-hydrogen) atoms. The summed E-state index contributed by atoms with van der Waals surface area (Å²) in [5.41, 5.74) is 0.943. The molecule has 10 heteroatoms. The van der Waals surface area contributed by atoms with Gasteiger partial charge in [0.15, 0.2) is 5.65 Å². The normalized spacial score (nSPS) is 12.6. The molecular weight excluding hydrogens is 337 g/mol. The van der Waals surface area contributed by atoms with Gasteiger partial charge in [0.05, 0.1) is 0 Å². The summed E-state index contributed by atoms with van der Waals surface area (Å²) in [4.78, 5) is 0. The fraction of sp³-hybridized carbons (Fsp3) is 0.143. The first-order chi connectivity index (χ1) is 11.1. The molecule has 0 radical (unpaired) electrons. The Bertz CT molecular complexity index is 869. The van der Waals surface area contributed by atoms with Crippen molar-refractivity contribution in [2.45, 2.75) is 12.5 Å². The number of aliphatic hydroxyl groups is 1. The third-order valence-electron chi connectivity index (χ3n) is 3.09. The van der Waals surface area contributed by atoms with E-state index in [1.54, 1.807) is 0 Å². The van der Waals surface area contributed by atoms with Crippen LogP contribution in [0.1, 0.15) is 5.82 Å². The number of ether oxygens (including phenoxy) is 1. The van der Waals surface area contributed by atoms with Crippen LogP contribution in [-0.4, -0.2) is 26.1 Å². The highest BCUT2D eigenvalue weighted by Gasteiger charge is 2.34. The fourth-order valence-electron chi connectivity index (χ4n) is 2.12. The first-order valence-corrected chi connectivity index (χ1v) is 6.45. The van der Waals surface area contributed by atoms with Crippen LogP contribution < -0.4 is 4.74 Å². The Hall–Kier alpha value is -2.75. The van der Waals surface area contributed by atoms with E-state index in [1.165, 1.54) is 30.5 Å². The third-order valence-corrected chi connectivity index (χ3v) is 3.09. The molecule has 0 aliphatic heterocycles. The largest absolute Gasteiger partial charge is 0.573 e. The molecule has 5 nitrogen and oxygen atoms in total. The van der Waals surface area contributed by atoms with Gasteiger partial charge in [0.25, 0.3) is 0 Å². The van der Waals surface area contributed by atoms with Crippen molar-refractivity contribution in [3.8, 4) is 16.9 Å². The summed E-state index contributed by atoms with van der Waals surface area (Å²) in [5, 5.41) is 15.5. The quantitative estimate of drug-likeness (QED) is 0.740. The predicted octanol–water partition coefficient (Wildman–Crippen LogP) is 3.34. The van der Waals surface area contributed by atoms with Crippen molar-refractivity contribution < 1.29 is 31.8 Å². The fourth-order valence-corrected chi connectivity index (χ4v) is 2.12. The third kappa shape index (κ3) is 3.27. The number of hydrogen-bond acceptors (Lipinski definition) is 4. The Morgan fingerprint density at radius 1 is 0.875 bits per heavy atom. The van der Waals surface area contributed by atoms with Crippen molar-refractivity contribution in [2.75, 3.05) is 0 Å². The van der Waals surface area contributed by atoms with E-state index in [0.29, 0.717) is 11.1 Å². The molecule has 0 amide bonds. The molecule has 0 aliphatic carbocycles. The molecule has 3 rings (SSSR count). The summed E-state index contributed by atoms with van der Waals surface area (Å²) in [6.45, 7) is 0. The van der Waals surface area contributed by atoms with Gasteiger partial charge in [-0.2, -0.15) is 8.78 Å². The zero-order chi connectivity index (χ0) is 17.5. The molecule has 1 N–H and O–H groups in total. The van der Waals surface area contributed by atoms with E-state index >= 15 is 0 Å². The summed E-state index contributed by atoms with van der Waals surface area (Å²) in [5.74, 6) is -1.37. The molecular formula is C14H8F5N3O2. The number of pyridine rings is 1. The Kier molecular flexibility index (Phi) is 3.63. The summed E-state index contributed by atoms with van der Waals surface area (Å²) >= 11 is 0. The standard InChI is InChI=1S/C14H8F5N3O2/c15-13(16,23)12-21-20-11-6-3-9(7-22(11)12)8-1-4-10(5-2-8)24-14(17,18)19/h1-7,23H. The van der Waals surface area contributed by atoms with Crippen LogP contribution in [0.4, 0.5) is 22.0 Å². The molecule has 126 valence electrons. The van der Waals surface area contributed by atoms with Crippen LogP contribution in [0.5, 0.6) is 5.75 Å². The SMILES string of the molecule is OC(F)(F)c1nnc2ccc(-c3ccc(OC(F)(F)F)cc3)cn12. The molecule has 0 bridgehead atoms. The first kappa shape index (κ1) is 16.1. The van der Waals surface area contributed by atoms with Crippen LogP contribution in [0.2, 0.25) is 0 Å². The summed E-state index contributed by atoms with van der Waals surface area (Å²) in [7, 11) is 0. The van der Waals surface area contributed by atoms with Gasteiger partial charge in [-0.05, 0) is 35.4 Å². The zero-order valence-corrected chi connectivity index (χ0v) is 11.6. The van der Waals surface area contributed by atoms with Crippen LogP contribution in [0.25, 0.3) is 16.8 Å². The molecule has 3 aromatic rings. The lowest BCUT2D eigenvalue weighted by Gasteiger charge is -2.10. The molecule has 2 heterocycles. The van der Waals surface area contributed by atoms with Crippen LogP contribution in [-0.2, 0) is 6.11 Å². The maximum absolute atomic E-state index is 13.1. The van der Waals surface area contributed by atoms with E-state index in [1.807, 2.05) is 0 Å². The minimum absolute atomic E-state index is 0.0829. The van der Waals surface area contributed by atoms with E-state index in [4.69, 9.17) is 5.11 Å². The van der Waals surface area contributed by atoms with Crippen molar-refractivity contribution >= 4 is 5.65 Å². The molecule has 0 spiro atoms. The van der Waals surface area contributed by atoms with Crippen LogP contribution >= 0.6 is 0 Å². The van der Waals surface area contributed by atoms with Crippen molar-refractivity contribution in [1.29, 1.82) is 0 Å². The summed E-state index contributed by atoms with van der Waals surface area (Å²) in [6.07, 6.45) is -7.73. The summed E-state index contributed by atoms with van der Waals surface area (Å²) < 4.78 is 67.2. The number of rotatable bonds is 3. The summed E-state index contributed by atoms with van der Waals surface area (Å²) in [6, 6.07) is 7.79. The minimum atomic E-state index is -4.80. The lowest BCUT2D eigenvalue weighted by molar-refractivity contribution is -0.274. The van der Waals surface area contributed by atoms with Crippen molar-refractivity contribution in [2.24, 2.45) is 0 Å². The van der Waals surface area contributed by atoms with Crippen LogP contribution in [0.3, 0.4) is 0 Å². The van der Waals surface area contributed by atoms with E-state index < -0.39 is 24.0 Å². The lowest BCUT2D eigenvalue weighted by Crippen LogP contribution is -2.17. The Labute approximate surface area is 130 Å². The smallest absolute Gasteiger partial charge is 0.406 e.